The first-order chi connectivity index (χ1) is 20.2. The highest BCUT2D eigenvalue weighted by atomic mass is 35.5. The molecule has 0 heterocycles. The summed E-state index contributed by atoms with van der Waals surface area (Å²) in [6.45, 7) is 0. The van der Waals surface area contributed by atoms with E-state index >= 15 is 0 Å². The maximum Gasteiger partial charge on any atom is 0.349 e. The highest BCUT2D eigenvalue weighted by Crippen LogP contribution is 2.22. The molecule has 0 spiro atoms. The van der Waals surface area contributed by atoms with Gasteiger partial charge in [0.25, 0.3) is 5.91 Å². The number of esters is 2. The van der Waals surface area contributed by atoms with E-state index in [1.807, 2.05) is 18.2 Å². The molecular weight excluding hydrogens is 585 g/mol. The minimum absolute atomic E-state index is 0.0153. The molecule has 0 saturated carbocycles. The lowest BCUT2D eigenvalue weighted by molar-refractivity contribution is -0.157. The van der Waals surface area contributed by atoms with E-state index in [1.54, 1.807) is 24.3 Å². The topological polar surface area (TPSA) is 144 Å². The maximum atomic E-state index is 13.3. The number of azo groups is 1. The van der Waals surface area contributed by atoms with Gasteiger partial charge in [-0.05, 0) is 84.9 Å². The number of carbonyl (C=O) groups excluding carboxylic acids is 3. The third kappa shape index (κ3) is 8.23. The predicted molar refractivity (Wildman–Crippen MR) is 155 cm³/mol. The van der Waals surface area contributed by atoms with E-state index in [0.717, 1.165) is 0 Å². The summed E-state index contributed by atoms with van der Waals surface area (Å²) in [5.74, 6) is -4.91. The van der Waals surface area contributed by atoms with Crippen LogP contribution >= 0.6 is 23.2 Å². The number of halogens is 2. The molecule has 0 radical (unpaired) electrons. The number of hydrogen-bond acceptors (Lipinski definition) is 8. The molecule has 0 fully saturated rings. The van der Waals surface area contributed by atoms with Crippen LogP contribution in [0.5, 0.6) is 0 Å². The van der Waals surface area contributed by atoms with Gasteiger partial charge < -0.3 is 19.9 Å². The van der Waals surface area contributed by atoms with Crippen LogP contribution in [0, 0.1) is 0 Å². The normalized spacial score (nSPS) is 12.2. The Labute approximate surface area is 249 Å². The summed E-state index contributed by atoms with van der Waals surface area (Å²) in [6.07, 6.45) is -4.29. The van der Waals surface area contributed by atoms with E-state index in [4.69, 9.17) is 32.7 Å². The zero-order chi connectivity index (χ0) is 30.1. The summed E-state index contributed by atoms with van der Waals surface area (Å²) >= 11 is 11.7. The number of hydrogen-bond donors (Lipinski definition) is 2. The van der Waals surface area contributed by atoms with Crippen LogP contribution in [0.1, 0.15) is 20.7 Å². The van der Waals surface area contributed by atoms with Crippen LogP contribution in [-0.4, -0.2) is 41.1 Å². The summed E-state index contributed by atoms with van der Waals surface area (Å²) in [6, 6.07) is 26.1. The van der Waals surface area contributed by atoms with Gasteiger partial charge in [0.1, 0.15) is 0 Å². The monoisotopic (exact) mass is 605 g/mol. The molecule has 12 heteroatoms. The molecule has 0 bridgehead atoms. The minimum Gasteiger partial charge on any atom is -0.478 e. The first-order valence-corrected chi connectivity index (χ1v) is 13.0. The average molecular weight is 606 g/mol. The quantitative estimate of drug-likeness (QED) is 0.148. The van der Waals surface area contributed by atoms with Crippen LogP contribution in [0.3, 0.4) is 0 Å². The number of carbonyl (C=O) groups is 4. The van der Waals surface area contributed by atoms with Gasteiger partial charge in [0.2, 0.25) is 12.2 Å². The van der Waals surface area contributed by atoms with Crippen LogP contribution in [-0.2, 0) is 19.1 Å². The second-order valence-electron chi connectivity index (χ2n) is 8.58. The van der Waals surface area contributed by atoms with Gasteiger partial charge in [-0.1, -0.05) is 41.4 Å². The molecule has 4 aromatic rings. The van der Waals surface area contributed by atoms with Crippen molar-refractivity contribution in [2.45, 2.75) is 12.2 Å². The van der Waals surface area contributed by atoms with Crippen molar-refractivity contribution in [1.82, 2.24) is 0 Å². The molecule has 2 N–H and O–H groups in total. The SMILES string of the molecule is O=C(O[C@@H](C(=O)O)[C@@H](OC(=O)c1ccc(Cl)cc1)C(=O)Nc1ccc(N=Nc2ccccc2)cc1)c1ccc(Cl)cc1. The van der Waals surface area contributed by atoms with E-state index in [2.05, 4.69) is 15.5 Å². The number of carboxylic acid groups (broad SMARTS) is 1. The molecule has 1 amide bonds. The molecule has 42 heavy (non-hydrogen) atoms. The lowest BCUT2D eigenvalue weighted by Crippen LogP contribution is -2.48. The van der Waals surface area contributed by atoms with E-state index < -0.39 is 36.0 Å². The maximum absolute atomic E-state index is 13.3. The predicted octanol–water partition coefficient (Wildman–Crippen LogP) is 6.88. The summed E-state index contributed by atoms with van der Waals surface area (Å²) in [7, 11) is 0. The number of anilines is 1. The fraction of sp³-hybridized carbons (Fsp3) is 0.0667. The number of nitrogens with one attached hydrogen (secondary N) is 1. The van der Waals surface area contributed by atoms with Gasteiger partial charge in [0.05, 0.1) is 22.5 Å². The van der Waals surface area contributed by atoms with E-state index in [0.29, 0.717) is 21.4 Å². The fourth-order valence-corrected chi connectivity index (χ4v) is 3.72. The highest BCUT2D eigenvalue weighted by Gasteiger charge is 2.41. The average Bonchev–Trinajstić information content (AvgIpc) is 2.99. The lowest BCUT2D eigenvalue weighted by atomic mass is 10.1. The molecule has 4 rings (SSSR count). The summed E-state index contributed by atoms with van der Waals surface area (Å²) < 4.78 is 10.4. The van der Waals surface area contributed by atoms with Crippen molar-refractivity contribution in [3.63, 3.8) is 0 Å². The number of amides is 1. The molecular formula is C30H21Cl2N3O7. The third-order valence-corrected chi connectivity index (χ3v) is 6.08. The first kappa shape index (κ1) is 29.9. The number of benzene rings is 4. The van der Waals surface area contributed by atoms with Gasteiger partial charge in [0, 0.05) is 15.7 Å². The molecule has 2 atom stereocenters. The highest BCUT2D eigenvalue weighted by molar-refractivity contribution is 6.31. The largest absolute Gasteiger partial charge is 0.478 e. The molecule has 0 aromatic heterocycles. The lowest BCUT2D eigenvalue weighted by Gasteiger charge is -2.23. The molecule has 0 aliphatic rings. The van der Waals surface area contributed by atoms with Crippen LogP contribution in [0.4, 0.5) is 17.1 Å². The zero-order valence-electron chi connectivity index (χ0n) is 21.5. The van der Waals surface area contributed by atoms with Crippen molar-refractivity contribution in [3.05, 3.63) is 124 Å². The molecule has 4 aromatic carbocycles. The number of rotatable bonds is 10. The van der Waals surface area contributed by atoms with Crippen LogP contribution < -0.4 is 5.32 Å². The number of nitrogens with zero attached hydrogens (tertiary/aromatic N) is 2. The second kappa shape index (κ2) is 14.0. The van der Waals surface area contributed by atoms with Crippen LogP contribution in [0.2, 0.25) is 10.0 Å². The van der Waals surface area contributed by atoms with Crippen molar-refractivity contribution in [3.8, 4) is 0 Å². The van der Waals surface area contributed by atoms with E-state index in [9.17, 15) is 24.3 Å². The molecule has 0 aliphatic carbocycles. The molecule has 0 unspecified atom stereocenters. The molecule has 212 valence electrons. The van der Waals surface area contributed by atoms with Crippen LogP contribution in [0.25, 0.3) is 0 Å². The van der Waals surface area contributed by atoms with E-state index in [1.165, 1.54) is 60.7 Å². The number of ether oxygens (including phenoxy) is 2. The molecule has 10 nitrogen and oxygen atoms in total. The van der Waals surface area contributed by atoms with Crippen molar-refractivity contribution in [1.29, 1.82) is 0 Å². The standard InChI is InChI=1S/C30H21Cl2N3O7/c31-20-10-6-18(7-11-20)29(39)41-25(26(28(37)38)42-30(40)19-8-12-21(32)13-9-19)27(36)33-22-14-16-24(17-15-22)35-34-23-4-2-1-3-5-23/h1-17,25-26H,(H,33,36)(H,37,38)/t25-,26-/m1/s1. The van der Waals surface area contributed by atoms with Crippen molar-refractivity contribution in [2.75, 3.05) is 5.32 Å². The van der Waals surface area contributed by atoms with Gasteiger partial charge in [-0.25, -0.2) is 14.4 Å². The second-order valence-corrected chi connectivity index (χ2v) is 9.45. The Morgan fingerprint density at radius 3 is 1.55 bits per heavy atom. The van der Waals surface area contributed by atoms with Crippen molar-refractivity contribution < 1.29 is 33.8 Å². The Kier molecular flexibility index (Phi) is 9.99. The summed E-state index contributed by atoms with van der Waals surface area (Å²) in [4.78, 5) is 51.1. The Morgan fingerprint density at radius 2 is 1.07 bits per heavy atom. The summed E-state index contributed by atoms with van der Waals surface area (Å²) in [5, 5.41) is 21.3. The van der Waals surface area contributed by atoms with E-state index in [-0.39, 0.29) is 16.8 Å². The Morgan fingerprint density at radius 1 is 0.619 bits per heavy atom. The molecule has 0 saturated heterocycles. The molecule has 0 aliphatic heterocycles. The third-order valence-electron chi connectivity index (χ3n) is 5.58. The van der Waals surface area contributed by atoms with Crippen LogP contribution in [0.15, 0.2) is 113 Å². The number of aliphatic carboxylic acids is 1. The van der Waals surface area contributed by atoms with Gasteiger partial charge in [-0.15, -0.1) is 0 Å². The smallest absolute Gasteiger partial charge is 0.349 e. The minimum atomic E-state index is -2.21. The first-order valence-electron chi connectivity index (χ1n) is 12.2. The Balaban J connectivity index is 1.56. The van der Waals surface area contributed by atoms with Gasteiger partial charge >= 0.3 is 17.9 Å². The van der Waals surface area contributed by atoms with Gasteiger partial charge in [-0.2, -0.15) is 10.2 Å². The Hall–Kier alpha value is -5.06. The van der Waals surface area contributed by atoms with Crippen molar-refractivity contribution >= 4 is 64.1 Å². The summed E-state index contributed by atoms with van der Waals surface area (Å²) in [5.41, 5.74) is 1.29. The fourth-order valence-electron chi connectivity index (χ4n) is 3.47. The van der Waals surface area contributed by atoms with Crippen molar-refractivity contribution in [2.24, 2.45) is 10.2 Å². The zero-order valence-corrected chi connectivity index (χ0v) is 23.0. The van der Waals surface area contributed by atoms with Gasteiger partial charge in [-0.3, -0.25) is 4.79 Å². The number of carboxylic acids is 1. The van der Waals surface area contributed by atoms with Gasteiger partial charge in [0.15, 0.2) is 0 Å². The Bertz CT molecular complexity index is 1600.